The number of para-hydroxylation sites is 2. The normalized spacial score (nSPS) is 13.4. The molecule has 0 bridgehead atoms. The molecule has 0 radical (unpaired) electrons. The zero-order valence-electron chi connectivity index (χ0n) is 13.5. The minimum Gasteiger partial charge on any atom is -0.354 e. The van der Waals surface area contributed by atoms with Gasteiger partial charge in [-0.2, -0.15) is 0 Å². The molecule has 122 valence electrons. The molecule has 0 aromatic heterocycles. The first-order valence-electron chi connectivity index (χ1n) is 7.63. The summed E-state index contributed by atoms with van der Waals surface area (Å²) in [5.74, 6) is -0.187. The van der Waals surface area contributed by atoms with Gasteiger partial charge < -0.3 is 16.0 Å². The molecule has 24 heavy (non-hydrogen) atoms. The van der Waals surface area contributed by atoms with Crippen LogP contribution in [0.2, 0.25) is 0 Å². The molecule has 1 amide bonds. The SMILES string of the molecule is CC(=O)NC1=C(Cl)Nc2ccccc2C=C1Nc1ccccc1C. The fourth-order valence-electron chi connectivity index (χ4n) is 2.52. The van der Waals surface area contributed by atoms with Crippen LogP contribution in [0.15, 0.2) is 65.1 Å². The molecule has 3 N–H and O–H groups in total. The summed E-state index contributed by atoms with van der Waals surface area (Å²) >= 11 is 6.43. The molecular weight excluding hydrogens is 322 g/mol. The maximum Gasteiger partial charge on any atom is 0.221 e. The molecule has 0 spiro atoms. The zero-order valence-corrected chi connectivity index (χ0v) is 14.2. The lowest BCUT2D eigenvalue weighted by molar-refractivity contribution is -0.118. The molecule has 0 saturated heterocycles. The lowest BCUT2D eigenvalue weighted by Crippen LogP contribution is -2.25. The zero-order chi connectivity index (χ0) is 17.1. The molecular formula is C19H18ClN3O. The molecule has 5 heteroatoms. The summed E-state index contributed by atoms with van der Waals surface area (Å²) in [6.07, 6.45) is 1.97. The van der Waals surface area contributed by atoms with Crippen molar-refractivity contribution < 1.29 is 4.79 Å². The molecule has 0 aliphatic carbocycles. The summed E-state index contributed by atoms with van der Waals surface area (Å²) in [5.41, 5.74) is 5.15. The fraction of sp³-hybridized carbons (Fsp3) is 0.105. The highest BCUT2D eigenvalue weighted by Crippen LogP contribution is 2.30. The van der Waals surface area contributed by atoms with E-state index in [0.29, 0.717) is 10.9 Å². The summed E-state index contributed by atoms with van der Waals surface area (Å²) in [7, 11) is 0. The number of halogens is 1. The Morgan fingerprint density at radius 3 is 2.54 bits per heavy atom. The van der Waals surface area contributed by atoms with Crippen LogP contribution in [0.4, 0.5) is 11.4 Å². The van der Waals surface area contributed by atoms with Crippen molar-refractivity contribution in [2.75, 3.05) is 10.6 Å². The number of benzene rings is 2. The van der Waals surface area contributed by atoms with Gasteiger partial charge >= 0.3 is 0 Å². The van der Waals surface area contributed by atoms with E-state index >= 15 is 0 Å². The van der Waals surface area contributed by atoms with E-state index in [2.05, 4.69) is 16.0 Å². The molecule has 1 heterocycles. The number of rotatable bonds is 3. The van der Waals surface area contributed by atoms with E-state index in [1.165, 1.54) is 6.92 Å². The van der Waals surface area contributed by atoms with E-state index in [1.54, 1.807) is 0 Å². The molecule has 3 rings (SSSR count). The van der Waals surface area contributed by atoms with Gasteiger partial charge in [-0.05, 0) is 30.7 Å². The van der Waals surface area contributed by atoms with Gasteiger partial charge in [-0.15, -0.1) is 0 Å². The van der Waals surface area contributed by atoms with Crippen LogP contribution in [-0.4, -0.2) is 5.91 Å². The monoisotopic (exact) mass is 339 g/mol. The Bertz CT molecular complexity index is 855. The minimum atomic E-state index is -0.187. The molecule has 0 fully saturated rings. The van der Waals surface area contributed by atoms with E-state index in [1.807, 2.05) is 61.5 Å². The molecule has 0 saturated carbocycles. The van der Waals surface area contributed by atoms with E-state index in [0.717, 1.165) is 28.2 Å². The van der Waals surface area contributed by atoms with Gasteiger partial charge in [0.2, 0.25) is 5.91 Å². The molecule has 0 unspecified atom stereocenters. The first-order valence-corrected chi connectivity index (χ1v) is 8.00. The van der Waals surface area contributed by atoms with Crippen LogP contribution < -0.4 is 16.0 Å². The van der Waals surface area contributed by atoms with Gasteiger partial charge in [0, 0.05) is 23.9 Å². The predicted octanol–water partition coefficient (Wildman–Crippen LogP) is 4.42. The first-order chi connectivity index (χ1) is 11.5. The average Bonchev–Trinajstić information content (AvgIpc) is 2.67. The van der Waals surface area contributed by atoms with Crippen LogP contribution in [0.5, 0.6) is 0 Å². The second-order valence-corrected chi connectivity index (χ2v) is 5.96. The highest BCUT2D eigenvalue weighted by molar-refractivity contribution is 6.32. The second kappa shape index (κ2) is 6.81. The third-order valence-corrected chi connectivity index (χ3v) is 3.99. The van der Waals surface area contributed by atoms with Gasteiger partial charge in [0.05, 0.1) is 5.70 Å². The van der Waals surface area contributed by atoms with Crippen molar-refractivity contribution in [3.63, 3.8) is 0 Å². The summed E-state index contributed by atoms with van der Waals surface area (Å²) < 4.78 is 0. The van der Waals surface area contributed by atoms with Crippen molar-refractivity contribution >= 4 is 35.0 Å². The molecule has 4 nitrogen and oxygen atoms in total. The van der Waals surface area contributed by atoms with Crippen LogP contribution in [0.1, 0.15) is 18.1 Å². The third kappa shape index (κ3) is 3.44. The van der Waals surface area contributed by atoms with E-state index in [-0.39, 0.29) is 5.91 Å². The van der Waals surface area contributed by atoms with Crippen molar-refractivity contribution in [3.8, 4) is 0 Å². The van der Waals surface area contributed by atoms with E-state index in [4.69, 9.17) is 11.6 Å². The van der Waals surface area contributed by atoms with Crippen LogP contribution in [0.25, 0.3) is 6.08 Å². The van der Waals surface area contributed by atoms with Gasteiger partial charge in [0.25, 0.3) is 0 Å². The summed E-state index contributed by atoms with van der Waals surface area (Å²) in [4.78, 5) is 11.6. The van der Waals surface area contributed by atoms with Gasteiger partial charge in [0.1, 0.15) is 10.9 Å². The van der Waals surface area contributed by atoms with Crippen molar-refractivity contribution in [2.24, 2.45) is 0 Å². The van der Waals surface area contributed by atoms with Crippen molar-refractivity contribution in [1.82, 2.24) is 5.32 Å². The van der Waals surface area contributed by atoms with Gasteiger partial charge in [-0.3, -0.25) is 4.79 Å². The number of aryl methyl sites for hydroxylation is 1. The van der Waals surface area contributed by atoms with Crippen LogP contribution in [0.3, 0.4) is 0 Å². The van der Waals surface area contributed by atoms with Crippen molar-refractivity contribution in [3.05, 3.63) is 76.2 Å². The standard InChI is InChI=1S/C19H18ClN3O/c1-12-7-3-5-9-15(12)22-17-11-14-8-4-6-10-16(14)23-19(20)18(17)21-13(2)24/h3-11,22-23H,1-2H3,(H,21,24). The van der Waals surface area contributed by atoms with Crippen molar-refractivity contribution in [1.29, 1.82) is 0 Å². The molecule has 2 aromatic carbocycles. The summed E-state index contributed by atoms with van der Waals surface area (Å²) in [5, 5.41) is 9.70. The van der Waals surface area contributed by atoms with Crippen LogP contribution in [-0.2, 0) is 4.79 Å². The number of carbonyl (C=O) groups is 1. The predicted molar refractivity (Wildman–Crippen MR) is 99.5 cm³/mol. The van der Waals surface area contributed by atoms with Gasteiger partial charge in [-0.25, -0.2) is 0 Å². The van der Waals surface area contributed by atoms with Gasteiger partial charge in [0.15, 0.2) is 0 Å². The number of nitrogens with one attached hydrogen (secondary N) is 3. The number of carbonyl (C=O) groups excluding carboxylic acids is 1. The maximum atomic E-state index is 11.6. The Hall–Kier alpha value is -2.72. The Labute approximate surface area is 146 Å². The molecule has 1 aliphatic rings. The Balaban J connectivity index is 2.09. The lowest BCUT2D eigenvalue weighted by atomic mass is 10.1. The Morgan fingerprint density at radius 2 is 1.79 bits per heavy atom. The fourth-order valence-corrected chi connectivity index (χ4v) is 2.77. The minimum absolute atomic E-state index is 0.187. The van der Waals surface area contributed by atoms with Gasteiger partial charge in [-0.1, -0.05) is 48.0 Å². The maximum absolute atomic E-state index is 11.6. The first kappa shape index (κ1) is 16.1. The smallest absolute Gasteiger partial charge is 0.221 e. The highest BCUT2D eigenvalue weighted by atomic mass is 35.5. The molecule has 2 aromatic rings. The van der Waals surface area contributed by atoms with E-state index < -0.39 is 0 Å². The lowest BCUT2D eigenvalue weighted by Gasteiger charge is -2.17. The number of hydrogen-bond donors (Lipinski definition) is 3. The molecule has 0 atom stereocenters. The van der Waals surface area contributed by atoms with Crippen molar-refractivity contribution in [2.45, 2.75) is 13.8 Å². The third-order valence-electron chi connectivity index (χ3n) is 3.71. The number of fused-ring (bicyclic) bond motifs is 1. The Kier molecular flexibility index (Phi) is 4.58. The second-order valence-electron chi connectivity index (χ2n) is 5.58. The molecule has 1 aliphatic heterocycles. The number of anilines is 2. The van der Waals surface area contributed by atoms with E-state index in [9.17, 15) is 4.79 Å². The Morgan fingerprint density at radius 1 is 1.08 bits per heavy atom. The average molecular weight is 340 g/mol. The topological polar surface area (TPSA) is 53.2 Å². The van der Waals surface area contributed by atoms with Crippen LogP contribution >= 0.6 is 11.6 Å². The van der Waals surface area contributed by atoms with Crippen LogP contribution in [0, 0.1) is 6.92 Å². The summed E-state index contributed by atoms with van der Waals surface area (Å²) in [6.45, 7) is 3.48. The number of hydrogen-bond acceptors (Lipinski definition) is 3. The quantitative estimate of drug-likeness (QED) is 0.726. The largest absolute Gasteiger partial charge is 0.354 e. The number of amides is 1. The highest BCUT2D eigenvalue weighted by Gasteiger charge is 2.18. The summed E-state index contributed by atoms with van der Waals surface area (Å²) in [6, 6.07) is 15.8.